The summed E-state index contributed by atoms with van der Waals surface area (Å²) in [6.07, 6.45) is 6.45. The molecule has 0 heterocycles. The second-order valence-electron chi connectivity index (χ2n) is 5.66. The molecule has 2 bridgehead atoms. The van der Waals surface area contributed by atoms with Gasteiger partial charge in [-0.3, -0.25) is 9.59 Å². The molecule has 3 rings (SSSR count). The quantitative estimate of drug-likeness (QED) is 0.808. The molecule has 1 aromatic rings. The number of anilines is 1. The highest BCUT2D eigenvalue weighted by molar-refractivity contribution is 5.93. The lowest BCUT2D eigenvalue weighted by molar-refractivity contribution is -0.121. The van der Waals surface area contributed by atoms with Crippen LogP contribution in [0.3, 0.4) is 0 Å². The monoisotopic (exact) mass is 286 g/mol. The Morgan fingerprint density at radius 3 is 2.52 bits per heavy atom. The molecule has 5 heteroatoms. The zero-order chi connectivity index (χ0) is 14.8. The molecule has 2 amide bonds. The van der Waals surface area contributed by atoms with E-state index in [0.717, 1.165) is 18.5 Å². The van der Waals surface area contributed by atoms with Gasteiger partial charge in [0.25, 0.3) is 5.91 Å². The average Bonchev–Trinajstić information content (AvgIpc) is 3.09. The average molecular weight is 286 g/mol. The van der Waals surface area contributed by atoms with E-state index in [-0.39, 0.29) is 18.4 Å². The van der Waals surface area contributed by atoms with Crippen LogP contribution in [0.5, 0.6) is 5.75 Å². The van der Waals surface area contributed by atoms with E-state index in [1.54, 1.807) is 24.3 Å². The minimum absolute atomic E-state index is 0.0812. The highest BCUT2D eigenvalue weighted by Crippen LogP contribution is 2.43. The van der Waals surface area contributed by atoms with Crippen molar-refractivity contribution in [3.05, 3.63) is 36.4 Å². The van der Waals surface area contributed by atoms with Crippen molar-refractivity contribution in [2.45, 2.75) is 12.8 Å². The molecule has 0 spiro atoms. The second kappa shape index (κ2) is 5.60. The van der Waals surface area contributed by atoms with Crippen LogP contribution in [0, 0.1) is 17.8 Å². The van der Waals surface area contributed by atoms with E-state index in [0.29, 0.717) is 17.6 Å². The number of carbonyl (C=O) groups excluding carboxylic acids is 2. The number of nitrogens with one attached hydrogen (secondary N) is 1. The fourth-order valence-electron chi connectivity index (χ4n) is 3.11. The summed E-state index contributed by atoms with van der Waals surface area (Å²) in [4.78, 5) is 22.9. The summed E-state index contributed by atoms with van der Waals surface area (Å²) in [5.74, 6) is 1.18. The number of hydrogen-bond acceptors (Lipinski definition) is 3. The molecule has 0 radical (unpaired) electrons. The van der Waals surface area contributed by atoms with E-state index in [9.17, 15) is 9.59 Å². The number of ether oxygens (including phenoxy) is 1. The van der Waals surface area contributed by atoms with E-state index in [2.05, 4.69) is 17.5 Å². The van der Waals surface area contributed by atoms with Crippen molar-refractivity contribution in [2.75, 3.05) is 11.9 Å². The van der Waals surface area contributed by atoms with Gasteiger partial charge >= 0.3 is 0 Å². The van der Waals surface area contributed by atoms with Gasteiger partial charge in [0.05, 0.1) is 0 Å². The largest absolute Gasteiger partial charge is 0.484 e. The minimum Gasteiger partial charge on any atom is -0.484 e. The van der Waals surface area contributed by atoms with Crippen LogP contribution in [0.25, 0.3) is 0 Å². The molecular formula is C16H18N2O3. The molecular weight excluding hydrogens is 268 g/mol. The summed E-state index contributed by atoms with van der Waals surface area (Å²) in [5.41, 5.74) is 5.74. The Kier molecular flexibility index (Phi) is 3.64. The van der Waals surface area contributed by atoms with Crippen LogP contribution in [0.1, 0.15) is 12.8 Å². The van der Waals surface area contributed by atoms with Crippen molar-refractivity contribution in [3.8, 4) is 5.75 Å². The summed E-state index contributed by atoms with van der Waals surface area (Å²) in [7, 11) is 0. The first-order valence-electron chi connectivity index (χ1n) is 7.12. The number of fused-ring (bicyclic) bond motifs is 2. The molecule has 5 nitrogen and oxygen atoms in total. The minimum atomic E-state index is -0.517. The fourth-order valence-corrected chi connectivity index (χ4v) is 3.11. The maximum Gasteiger partial charge on any atom is 0.255 e. The highest BCUT2D eigenvalue weighted by atomic mass is 16.5. The molecule has 0 aliphatic heterocycles. The van der Waals surface area contributed by atoms with Gasteiger partial charge in [0.2, 0.25) is 5.91 Å². The Hall–Kier alpha value is -2.30. The Morgan fingerprint density at radius 1 is 1.19 bits per heavy atom. The van der Waals surface area contributed by atoms with Crippen molar-refractivity contribution in [1.82, 2.24) is 0 Å². The van der Waals surface area contributed by atoms with Gasteiger partial charge in [-0.25, -0.2) is 0 Å². The first-order valence-corrected chi connectivity index (χ1v) is 7.12. The Bertz CT molecular complexity index is 580. The van der Waals surface area contributed by atoms with Gasteiger partial charge in [-0.2, -0.15) is 0 Å². The van der Waals surface area contributed by atoms with Gasteiger partial charge < -0.3 is 15.8 Å². The number of amides is 2. The molecule has 2 aliphatic rings. The van der Waals surface area contributed by atoms with Gasteiger partial charge in [-0.15, -0.1) is 0 Å². The van der Waals surface area contributed by atoms with Gasteiger partial charge in [0, 0.05) is 11.6 Å². The number of primary amides is 1. The molecule has 2 aliphatic carbocycles. The van der Waals surface area contributed by atoms with Crippen LogP contribution in [0.15, 0.2) is 36.4 Å². The van der Waals surface area contributed by atoms with Gasteiger partial charge in [-0.1, -0.05) is 12.2 Å². The van der Waals surface area contributed by atoms with Crippen molar-refractivity contribution in [1.29, 1.82) is 0 Å². The van der Waals surface area contributed by atoms with E-state index < -0.39 is 5.91 Å². The van der Waals surface area contributed by atoms with E-state index in [4.69, 9.17) is 10.5 Å². The number of allylic oxidation sites excluding steroid dienone is 2. The van der Waals surface area contributed by atoms with Crippen molar-refractivity contribution >= 4 is 17.5 Å². The van der Waals surface area contributed by atoms with E-state index >= 15 is 0 Å². The SMILES string of the molecule is NC(=O)COc1ccc(NC(=O)[C@@H]2C[C@H]3C=C[C@H]2C3)cc1. The third-order valence-corrected chi connectivity index (χ3v) is 4.12. The Balaban J connectivity index is 1.56. The number of rotatable bonds is 5. The normalized spacial score (nSPS) is 25.8. The van der Waals surface area contributed by atoms with Crippen LogP contribution in [-0.4, -0.2) is 18.4 Å². The molecule has 1 fully saturated rings. The smallest absolute Gasteiger partial charge is 0.255 e. The zero-order valence-electron chi connectivity index (χ0n) is 11.6. The molecule has 21 heavy (non-hydrogen) atoms. The predicted molar refractivity (Wildman–Crippen MR) is 78.6 cm³/mol. The number of hydrogen-bond donors (Lipinski definition) is 2. The predicted octanol–water partition coefficient (Wildman–Crippen LogP) is 1.70. The fraction of sp³-hybridized carbons (Fsp3) is 0.375. The lowest BCUT2D eigenvalue weighted by Gasteiger charge is -2.17. The summed E-state index contributed by atoms with van der Waals surface area (Å²) in [5, 5.41) is 2.94. The molecule has 1 aromatic carbocycles. The van der Waals surface area contributed by atoms with Crippen LogP contribution < -0.4 is 15.8 Å². The number of nitrogens with two attached hydrogens (primary N) is 1. The molecule has 0 aromatic heterocycles. The maximum absolute atomic E-state index is 12.3. The number of carbonyl (C=O) groups is 2. The van der Waals surface area contributed by atoms with Crippen LogP contribution in [0.2, 0.25) is 0 Å². The third kappa shape index (κ3) is 3.07. The summed E-state index contributed by atoms with van der Waals surface area (Å²) >= 11 is 0. The summed E-state index contributed by atoms with van der Waals surface area (Å²) < 4.78 is 5.17. The zero-order valence-corrected chi connectivity index (χ0v) is 11.6. The molecule has 110 valence electrons. The van der Waals surface area contributed by atoms with Crippen molar-refractivity contribution in [3.63, 3.8) is 0 Å². The van der Waals surface area contributed by atoms with Gasteiger partial charge in [0.15, 0.2) is 6.61 Å². The molecule has 3 N–H and O–H groups in total. The first-order chi connectivity index (χ1) is 10.1. The lowest BCUT2D eigenvalue weighted by Crippen LogP contribution is -2.25. The van der Waals surface area contributed by atoms with E-state index in [1.165, 1.54) is 0 Å². The molecule has 1 saturated carbocycles. The topological polar surface area (TPSA) is 81.4 Å². The summed E-state index contributed by atoms with van der Waals surface area (Å²) in [6.45, 7) is -0.150. The number of benzene rings is 1. The Labute approximate surface area is 123 Å². The highest BCUT2D eigenvalue weighted by Gasteiger charge is 2.39. The van der Waals surface area contributed by atoms with Crippen LogP contribution in [0.4, 0.5) is 5.69 Å². The first kappa shape index (κ1) is 13.7. The standard InChI is InChI=1S/C16H18N2O3/c17-15(19)9-21-13-5-3-12(4-6-13)18-16(20)14-8-10-1-2-11(14)7-10/h1-6,10-11,14H,7-9H2,(H2,17,19)(H,18,20)/t10-,11-,14+/m0/s1. The van der Waals surface area contributed by atoms with Crippen molar-refractivity contribution < 1.29 is 14.3 Å². The maximum atomic E-state index is 12.3. The second-order valence-corrected chi connectivity index (χ2v) is 5.66. The lowest BCUT2D eigenvalue weighted by atomic mass is 9.93. The van der Waals surface area contributed by atoms with Crippen molar-refractivity contribution in [2.24, 2.45) is 23.5 Å². The van der Waals surface area contributed by atoms with E-state index in [1.807, 2.05) is 0 Å². The van der Waals surface area contributed by atoms with Gasteiger partial charge in [0.1, 0.15) is 5.75 Å². The Morgan fingerprint density at radius 2 is 1.95 bits per heavy atom. The van der Waals surface area contributed by atoms with Crippen LogP contribution in [-0.2, 0) is 9.59 Å². The third-order valence-electron chi connectivity index (χ3n) is 4.12. The summed E-state index contributed by atoms with van der Waals surface area (Å²) in [6, 6.07) is 6.94. The van der Waals surface area contributed by atoms with Crippen LogP contribution >= 0.6 is 0 Å². The van der Waals surface area contributed by atoms with Gasteiger partial charge in [-0.05, 0) is 48.9 Å². The molecule has 3 atom stereocenters. The molecule has 0 saturated heterocycles. The molecule has 0 unspecified atom stereocenters.